The fourth-order valence-electron chi connectivity index (χ4n) is 2.35. The molecule has 0 saturated heterocycles. The summed E-state index contributed by atoms with van der Waals surface area (Å²) in [5.74, 6) is 1.87. The van der Waals surface area contributed by atoms with Crippen molar-refractivity contribution in [3.05, 3.63) is 48.0 Å². The summed E-state index contributed by atoms with van der Waals surface area (Å²) in [4.78, 5) is 4.48. The van der Waals surface area contributed by atoms with Gasteiger partial charge in [0, 0.05) is 18.3 Å². The molecule has 0 heterocycles. The number of nitrogens with zero attached hydrogens (tertiary/aromatic N) is 1. The first kappa shape index (κ1) is 20.3. The number of nitrogens with one attached hydrogen (secondary N) is 2. The van der Waals surface area contributed by atoms with Crippen LogP contribution in [0.4, 0.5) is 14.5 Å². The van der Waals surface area contributed by atoms with Gasteiger partial charge in [-0.15, -0.1) is 0 Å². The summed E-state index contributed by atoms with van der Waals surface area (Å²) in [5, 5.41) is 6.30. The average molecular weight is 379 g/mol. The Balaban J connectivity index is 2.12. The number of halogens is 2. The Bertz CT molecular complexity index is 770. The summed E-state index contributed by atoms with van der Waals surface area (Å²) < 4.78 is 39.6. The minimum absolute atomic E-state index is 0.107. The Labute approximate surface area is 157 Å². The summed E-state index contributed by atoms with van der Waals surface area (Å²) in [6.45, 7) is 0.0485. The van der Waals surface area contributed by atoms with E-state index >= 15 is 0 Å². The topological polar surface area (TPSA) is 64.1 Å². The van der Waals surface area contributed by atoms with Crippen LogP contribution in [-0.2, 0) is 6.54 Å². The predicted molar refractivity (Wildman–Crippen MR) is 101 cm³/mol. The molecular formula is C19H23F2N3O3. The highest BCUT2D eigenvalue weighted by Crippen LogP contribution is 2.29. The quantitative estimate of drug-likeness (QED) is 0.538. The predicted octanol–water partition coefficient (Wildman–Crippen LogP) is 3.88. The lowest BCUT2D eigenvalue weighted by Crippen LogP contribution is -2.30. The van der Waals surface area contributed by atoms with E-state index in [2.05, 4.69) is 20.4 Å². The van der Waals surface area contributed by atoms with E-state index in [1.807, 2.05) is 13.0 Å². The van der Waals surface area contributed by atoms with Crippen molar-refractivity contribution in [2.24, 2.45) is 4.99 Å². The molecule has 6 nitrogen and oxygen atoms in total. The minimum atomic E-state index is -2.85. The molecule has 2 rings (SSSR count). The number of hydrogen-bond acceptors (Lipinski definition) is 4. The van der Waals surface area contributed by atoms with Crippen LogP contribution in [0.3, 0.4) is 0 Å². The number of alkyl halides is 2. The normalized spacial score (nSPS) is 11.3. The van der Waals surface area contributed by atoms with Crippen LogP contribution < -0.4 is 24.8 Å². The first-order valence-electron chi connectivity index (χ1n) is 8.36. The average Bonchev–Trinajstić information content (AvgIpc) is 2.66. The smallest absolute Gasteiger partial charge is 0.387 e. The van der Waals surface area contributed by atoms with E-state index in [9.17, 15) is 8.78 Å². The molecule has 0 amide bonds. The van der Waals surface area contributed by atoms with Crippen LogP contribution in [0.1, 0.15) is 12.5 Å². The largest absolute Gasteiger partial charge is 0.493 e. The molecular weight excluding hydrogens is 356 g/mol. The zero-order valence-corrected chi connectivity index (χ0v) is 15.5. The van der Waals surface area contributed by atoms with Gasteiger partial charge in [0.25, 0.3) is 0 Å². The van der Waals surface area contributed by atoms with Gasteiger partial charge in [0.05, 0.1) is 20.8 Å². The molecule has 0 atom stereocenters. The molecule has 0 aliphatic heterocycles. The van der Waals surface area contributed by atoms with Crippen LogP contribution in [0.5, 0.6) is 17.2 Å². The minimum Gasteiger partial charge on any atom is -0.493 e. The third-order valence-corrected chi connectivity index (χ3v) is 3.53. The van der Waals surface area contributed by atoms with Crippen molar-refractivity contribution in [1.29, 1.82) is 0 Å². The molecule has 0 aromatic heterocycles. The summed E-state index contributed by atoms with van der Waals surface area (Å²) in [7, 11) is 3.14. The molecule has 2 aromatic carbocycles. The number of ether oxygens (including phenoxy) is 3. The second kappa shape index (κ2) is 10.2. The second-order valence-electron chi connectivity index (χ2n) is 5.42. The van der Waals surface area contributed by atoms with E-state index in [0.717, 1.165) is 11.3 Å². The van der Waals surface area contributed by atoms with E-state index in [1.54, 1.807) is 38.5 Å². The molecule has 0 radical (unpaired) electrons. The fourth-order valence-corrected chi connectivity index (χ4v) is 2.35. The van der Waals surface area contributed by atoms with Gasteiger partial charge in [-0.05, 0) is 36.8 Å². The molecule has 0 saturated carbocycles. The van der Waals surface area contributed by atoms with Gasteiger partial charge < -0.3 is 24.8 Å². The van der Waals surface area contributed by atoms with Gasteiger partial charge in [0.2, 0.25) is 0 Å². The maximum atomic E-state index is 12.3. The third kappa shape index (κ3) is 6.32. The molecule has 146 valence electrons. The monoisotopic (exact) mass is 379 g/mol. The number of methoxy groups -OCH3 is 2. The van der Waals surface area contributed by atoms with Crippen LogP contribution in [0.2, 0.25) is 0 Å². The standard InChI is InChI=1S/C19H23F2N3O3/c1-4-22-19(24-14-8-9-16(25-2)17(11-14)26-3)23-12-13-6-5-7-15(10-13)27-18(20)21/h5-11,18H,4,12H2,1-3H3,(H2,22,23,24). The molecule has 8 heteroatoms. The van der Waals surface area contributed by atoms with Gasteiger partial charge in [-0.2, -0.15) is 8.78 Å². The Morgan fingerprint density at radius 1 is 1.07 bits per heavy atom. The van der Waals surface area contributed by atoms with E-state index in [4.69, 9.17) is 9.47 Å². The van der Waals surface area contributed by atoms with Crippen molar-refractivity contribution in [2.75, 3.05) is 26.1 Å². The van der Waals surface area contributed by atoms with Gasteiger partial charge in [-0.3, -0.25) is 0 Å². The van der Waals surface area contributed by atoms with E-state index in [-0.39, 0.29) is 5.75 Å². The molecule has 2 N–H and O–H groups in total. The molecule has 0 spiro atoms. The maximum absolute atomic E-state index is 12.3. The van der Waals surface area contributed by atoms with Crippen LogP contribution in [-0.4, -0.2) is 33.3 Å². The van der Waals surface area contributed by atoms with Crippen molar-refractivity contribution in [1.82, 2.24) is 5.32 Å². The highest BCUT2D eigenvalue weighted by Gasteiger charge is 2.07. The maximum Gasteiger partial charge on any atom is 0.387 e. The van der Waals surface area contributed by atoms with E-state index in [0.29, 0.717) is 30.5 Å². The van der Waals surface area contributed by atoms with Crippen molar-refractivity contribution >= 4 is 11.6 Å². The van der Waals surface area contributed by atoms with Gasteiger partial charge >= 0.3 is 6.61 Å². The molecule has 0 aliphatic rings. The Kier molecular flexibility index (Phi) is 7.66. The molecule has 0 unspecified atom stereocenters. The first-order valence-corrected chi connectivity index (χ1v) is 8.36. The number of rotatable bonds is 8. The highest BCUT2D eigenvalue weighted by atomic mass is 19.3. The molecule has 0 aliphatic carbocycles. The lowest BCUT2D eigenvalue weighted by Gasteiger charge is -2.14. The molecule has 27 heavy (non-hydrogen) atoms. The zero-order chi connectivity index (χ0) is 19.6. The lowest BCUT2D eigenvalue weighted by atomic mass is 10.2. The molecule has 0 bridgehead atoms. The SMILES string of the molecule is CCNC(=NCc1cccc(OC(F)F)c1)Nc1ccc(OC)c(OC)c1. The number of anilines is 1. The van der Waals surface area contributed by atoms with Crippen LogP contribution in [0.15, 0.2) is 47.5 Å². The zero-order valence-electron chi connectivity index (χ0n) is 15.5. The number of hydrogen-bond donors (Lipinski definition) is 2. The van der Waals surface area contributed by atoms with Gasteiger partial charge in [0.1, 0.15) is 5.75 Å². The summed E-state index contributed by atoms with van der Waals surface area (Å²) in [6.07, 6.45) is 0. The summed E-state index contributed by atoms with van der Waals surface area (Å²) in [5.41, 5.74) is 1.51. The Morgan fingerprint density at radius 2 is 1.85 bits per heavy atom. The van der Waals surface area contributed by atoms with Gasteiger partial charge in [-0.1, -0.05) is 12.1 Å². The van der Waals surface area contributed by atoms with Crippen molar-refractivity contribution in [3.63, 3.8) is 0 Å². The van der Waals surface area contributed by atoms with E-state index in [1.165, 1.54) is 12.1 Å². The fraction of sp³-hybridized carbons (Fsp3) is 0.316. The highest BCUT2D eigenvalue weighted by molar-refractivity contribution is 5.93. The van der Waals surface area contributed by atoms with Crippen LogP contribution in [0, 0.1) is 0 Å². The summed E-state index contributed by atoms with van der Waals surface area (Å²) in [6, 6.07) is 11.9. The van der Waals surface area contributed by atoms with Gasteiger partial charge in [0.15, 0.2) is 17.5 Å². The summed E-state index contributed by atoms with van der Waals surface area (Å²) >= 11 is 0. The van der Waals surface area contributed by atoms with Crippen molar-refractivity contribution in [2.45, 2.75) is 20.1 Å². The lowest BCUT2D eigenvalue weighted by molar-refractivity contribution is -0.0498. The Morgan fingerprint density at radius 3 is 2.52 bits per heavy atom. The Hall–Kier alpha value is -3.03. The number of benzene rings is 2. The third-order valence-electron chi connectivity index (χ3n) is 3.53. The number of aliphatic imine (C=N–C) groups is 1. The van der Waals surface area contributed by atoms with Crippen LogP contribution in [0.25, 0.3) is 0 Å². The first-order chi connectivity index (χ1) is 13.0. The van der Waals surface area contributed by atoms with Crippen molar-refractivity contribution in [3.8, 4) is 17.2 Å². The van der Waals surface area contributed by atoms with Gasteiger partial charge in [-0.25, -0.2) is 4.99 Å². The van der Waals surface area contributed by atoms with Crippen molar-refractivity contribution < 1.29 is 23.0 Å². The molecule has 0 fully saturated rings. The number of guanidine groups is 1. The second-order valence-corrected chi connectivity index (χ2v) is 5.42. The van der Waals surface area contributed by atoms with Crippen LogP contribution >= 0.6 is 0 Å². The van der Waals surface area contributed by atoms with E-state index < -0.39 is 6.61 Å². The molecule has 2 aromatic rings.